The summed E-state index contributed by atoms with van der Waals surface area (Å²) >= 11 is 0. The average Bonchev–Trinajstić information content (AvgIpc) is 3.27. The number of carbonyl (C=O) groups is 1. The van der Waals surface area contributed by atoms with Crippen molar-refractivity contribution in [3.8, 4) is 5.69 Å². The topological polar surface area (TPSA) is 50.2 Å². The number of anilines is 1. The highest BCUT2D eigenvalue weighted by Crippen LogP contribution is 2.22. The number of benzene rings is 2. The molecule has 0 bridgehead atoms. The van der Waals surface area contributed by atoms with Gasteiger partial charge in [-0.05, 0) is 49.7 Å². The van der Waals surface area contributed by atoms with E-state index in [1.54, 1.807) is 16.9 Å². The van der Waals surface area contributed by atoms with Gasteiger partial charge < -0.3 is 5.32 Å². The van der Waals surface area contributed by atoms with Crippen LogP contribution in [0.25, 0.3) is 5.69 Å². The lowest BCUT2D eigenvalue weighted by Crippen LogP contribution is -2.40. The van der Waals surface area contributed by atoms with Gasteiger partial charge in [0.25, 0.3) is 0 Å². The predicted molar refractivity (Wildman–Crippen MR) is 107 cm³/mol. The third-order valence-electron chi connectivity index (χ3n) is 5.18. The van der Waals surface area contributed by atoms with Gasteiger partial charge in [0.2, 0.25) is 5.91 Å². The van der Waals surface area contributed by atoms with Gasteiger partial charge in [-0.3, -0.25) is 9.69 Å². The van der Waals surface area contributed by atoms with E-state index in [-0.39, 0.29) is 11.8 Å². The van der Waals surface area contributed by atoms with Crippen LogP contribution in [0, 0.1) is 17.6 Å². The summed E-state index contributed by atoms with van der Waals surface area (Å²) in [5.74, 6) is -1.92. The zero-order valence-electron chi connectivity index (χ0n) is 15.9. The summed E-state index contributed by atoms with van der Waals surface area (Å²) in [5.41, 5.74) is 1.88. The lowest BCUT2D eigenvalue weighted by Gasteiger charge is -2.32. The molecule has 1 aliphatic rings. The van der Waals surface area contributed by atoms with Crippen LogP contribution in [0.3, 0.4) is 0 Å². The smallest absolute Gasteiger partial charge is 0.228 e. The second-order valence-electron chi connectivity index (χ2n) is 7.28. The highest BCUT2D eigenvalue weighted by Gasteiger charge is 2.26. The number of likely N-dealkylation sites (tertiary alicyclic amines) is 1. The minimum Gasteiger partial charge on any atom is -0.326 e. The molecule has 150 valence electrons. The molecule has 5 nitrogen and oxygen atoms in total. The van der Waals surface area contributed by atoms with Gasteiger partial charge in [0.1, 0.15) is 0 Å². The minimum atomic E-state index is -0.842. The average molecular weight is 396 g/mol. The summed E-state index contributed by atoms with van der Waals surface area (Å²) in [4.78, 5) is 14.8. The predicted octanol–water partition coefficient (Wildman–Crippen LogP) is 4.00. The molecule has 3 aromatic rings. The number of nitrogens with one attached hydrogen (secondary N) is 1. The molecule has 4 rings (SSSR count). The van der Waals surface area contributed by atoms with Gasteiger partial charge in [-0.15, -0.1) is 0 Å². The van der Waals surface area contributed by atoms with Crippen LogP contribution in [-0.2, 0) is 11.3 Å². The zero-order valence-corrected chi connectivity index (χ0v) is 15.9. The van der Waals surface area contributed by atoms with E-state index in [0.29, 0.717) is 24.3 Å². The van der Waals surface area contributed by atoms with Crippen LogP contribution < -0.4 is 5.32 Å². The Morgan fingerprint density at radius 2 is 2.03 bits per heavy atom. The van der Waals surface area contributed by atoms with Gasteiger partial charge in [0, 0.05) is 36.7 Å². The SMILES string of the molecule is O=C(Nc1cccc(-n2cccn2)c1)C1CCCN(Cc2cccc(F)c2F)C1. The van der Waals surface area contributed by atoms with E-state index in [2.05, 4.69) is 10.4 Å². The lowest BCUT2D eigenvalue weighted by atomic mass is 9.96. The standard InChI is InChI=1S/C22H22F2N4O/c23-20-9-1-5-16(21(20)24)14-27-11-3-6-17(15-27)22(29)26-18-7-2-8-19(13-18)28-12-4-10-25-28/h1-2,4-5,7-10,12-13,17H,3,6,11,14-15H2,(H,26,29). The summed E-state index contributed by atoms with van der Waals surface area (Å²) in [7, 11) is 0. The molecule has 1 amide bonds. The monoisotopic (exact) mass is 396 g/mol. The van der Waals surface area contributed by atoms with Crippen LogP contribution in [0.2, 0.25) is 0 Å². The van der Waals surface area contributed by atoms with Crippen molar-refractivity contribution in [3.05, 3.63) is 78.1 Å². The summed E-state index contributed by atoms with van der Waals surface area (Å²) in [6, 6.07) is 13.5. The fraction of sp³-hybridized carbons (Fsp3) is 0.273. The number of hydrogen-bond acceptors (Lipinski definition) is 3. The van der Waals surface area contributed by atoms with E-state index in [0.717, 1.165) is 31.1 Å². The fourth-order valence-electron chi connectivity index (χ4n) is 3.72. The van der Waals surface area contributed by atoms with Crippen molar-refractivity contribution in [2.24, 2.45) is 5.92 Å². The molecule has 1 aliphatic heterocycles. The van der Waals surface area contributed by atoms with E-state index >= 15 is 0 Å². The molecule has 29 heavy (non-hydrogen) atoms. The van der Waals surface area contributed by atoms with Crippen LogP contribution in [0.1, 0.15) is 18.4 Å². The maximum Gasteiger partial charge on any atom is 0.228 e. The third kappa shape index (κ3) is 4.51. The molecule has 1 atom stereocenters. The van der Waals surface area contributed by atoms with Crippen LogP contribution >= 0.6 is 0 Å². The van der Waals surface area contributed by atoms with Crippen LogP contribution in [-0.4, -0.2) is 33.7 Å². The molecule has 0 aliphatic carbocycles. The molecule has 2 heterocycles. The van der Waals surface area contributed by atoms with E-state index in [4.69, 9.17) is 0 Å². The zero-order chi connectivity index (χ0) is 20.2. The van der Waals surface area contributed by atoms with Crippen molar-refractivity contribution in [2.45, 2.75) is 19.4 Å². The molecule has 7 heteroatoms. The minimum absolute atomic E-state index is 0.0629. The molecule has 1 N–H and O–H groups in total. The van der Waals surface area contributed by atoms with Crippen molar-refractivity contribution in [1.82, 2.24) is 14.7 Å². The second kappa shape index (κ2) is 8.53. The highest BCUT2D eigenvalue weighted by atomic mass is 19.2. The lowest BCUT2D eigenvalue weighted by molar-refractivity contribution is -0.121. The number of nitrogens with zero attached hydrogens (tertiary/aromatic N) is 3. The molecule has 0 saturated carbocycles. The van der Waals surface area contributed by atoms with Crippen LogP contribution in [0.4, 0.5) is 14.5 Å². The van der Waals surface area contributed by atoms with Gasteiger partial charge in [-0.1, -0.05) is 18.2 Å². The van der Waals surface area contributed by atoms with Gasteiger partial charge in [0.05, 0.1) is 11.6 Å². The molecular weight excluding hydrogens is 374 g/mol. The van der Waals surface area contributed by atoms with Crippen molar-refractivity contribution in [3.63, 3.8) is 0 Å². The summed E-state index contributed by atoms with van der Waals surface area (Å²) in [5, 5.41) is 7.18. The number of amides is 1. The van der Waals surface area contributed by atoms with Crippen LogP contribution in [0.5, 0.6) is 0 Å². The molecule has 1 unspecified atom stereocenters. The largest absolute Gasteiger partial charge is 0.326 e. The second-order valence-corrected chi connectivity index (χ2v) is 7.28. The molecule has 1 saturated heterocycles. The summed E-state index contributed by atoms with van der Waals surface area (Å²) in [6.07, 6.45) is 5.14. The Morgan fingerprint density at radius 3 is 2.86 bits per heavy atom. The first-order valence-corrected chi connectivity index (χ1v) is 9.66. The number of piperidine rings is 1. The normalized spacial score (nSPS) is 17.2. The van der Waals surface area contributed by atoms with E-state index in [1.807, 2.05) is 41.4 Å². The first kappa shape index (κ1) is 19.3. The highest BCUT2D eigenvalue weighted by molar-refractivity contribution is 5.93. The van der Waals surface area contributed by atoms with Gasteiger partial charge >= 0.3 is 0 Å². The van der Waals surface area contributed by atoms with Gasteiger partial charge in [0.15, 0.2) is 11.6 Å². The maximum atomic E-state index is 14.0. The van der Waals surface area contributed by atoms with E-state index in [1.165, 1.54) is 6.07 Å². The Kier molecular flexibility index (Phi) is 5.67. The number of aromatic nitrogens is 2. The number of hydrogen-bond donors (Lipinski definition) is 1. The molecule has 0 spiro atoms. The first-order chi connectivity index (χ1) is 14.1. The Balaban J connectivity index is 1.40. The van der Waals surface area contributed by atoms with Crippen molar-refractivity contribution < 1.29 is 13.6 Å². The number of halogens is 2. The maximum absolute atomic E-state index is 14.0. The van der Waals surface area contributed by atoms with Crippen molar-refractivity contribution >= 4 is 11.6 Å². The summed E-state index contributed by atoms with van der Waals surface area (Å²) in [6.45, 7) is 1.57. The Labute approximate surface area is 168 Å². The summed E-state index contributed by atoms with van der Waals surface area (Å²) < 4.78 is 29.1. The van der Waals surface area contributed by atoms with Gasteiger partial charge in [-0.2, -0.15) is 5.10 Å². The quantitative estimate of drug-likeness (QED) is 0.709. The number of carbonyl (C=O) groups excluding carboxylic acids is 1. The molecule has 0 radical (unpaired) electrons. The third-order valence-corrected chi connectivity index (χ3v) is 5.18. The Hall–Kier alpha value is -3.06. The Bertz CT molecular complexity index is 990. The van der Waals surface area contributed by atoms with Crippen molar-refractivity contribution in [1.29, 1.82) is 0 Å². The Morgan fingerprint density at radius 1 is 1.17 bits per heavy atom. The van der Waals surface area contributed by atoms with Crippen LogP contribution in [0.15, 0.2) is 60.9 Å². The first-order valence-electron chi connectivity index (χ1n) is 9.66. The fourth-order valence-corrected chi connectivity index (χ4v) is 3.72. The van der Waals surface area contributed by atoms with Gasteiger partial charge in [-0.25, -0.2) is 13.5 Å². The molecule has 1 aromatic heterocycles. The number of rotatable bonds is 5. The molecule has 1 fully saturated rings. The molecular formula is C22H22F2N4O. The van der Waals surface area contributed by atoms with E-state index < -0.39 is 11.6 Å². The van der Waals surface area contributed by atoms with E-state index in [9.17, 15) is 13.6 Å². The van der Waals surface area contributed by atoms with Crippen molar-refractivity contribution in [2.75, 3.05) is 18.4 Å². The molecule has 2 aromatic carbocycles.